The topological polar surface area (TPSA) is 146 Å². The number of fused-ring (bicyclic) bond motifs is 6. The van der Waals surface area contributed by atoms with Crippen molar-refractivity contribution in [2.45, 2.75) is 194 Å². The van der Waals surface area contributed by atoms with E-state index in [0.29, 0.717) is 25.7 Å². The van der Waals surface area contributed by atoms with Crippen LogP contribution in [0, 0.1) is 11.8 Å². The molecule has 10 aliphatic rings. The van der Waals surface area contributed by atoms with E-state index in [2.05, 4.69) is 20.1 Å². The van der Waals surface area contributed by atoms with Gasteiger partial charge < -0.3 is 53.5 Å². The molecule has 10 heterocycles. The molecule has 0 aromatic rings. The van der Waals surface area contributed by atoms with Crippen molar-refractivity contribution in [1.29, 1.82) is 0 Å². The smallest absolute Gasteiger partial charge is 0.172 e. The molecule has 0 aromatic heterocycles. The van der Waals surface area contributed by atoms with Crippen LogP contribution in [-0.4, -0.2) is 128 Å². The highest BCUT2D eigenvalue weighted by Gasteiger charge is 2.68. The summed E-state index contributed by atoms with van der Waals surface area (Å²) in [5.41, 5.74) is 8.01. The van der Waals surface area contributed by atoms with Crippen LogP contribution in [-0.2, 0) is 47.4 Å². The fraction of sp³-hybridized carbons (Fsp3) is 0.875. The van der Waals surface area contributed by atoms with Gasteiger partial charge in [0, 0.05) is 58.1 Å². The van der Waals surface area contributed by atoms with Gasteiger partial charge in [0.05, 0.1) is 67.1 Å². The van der Waals surface area contributed by atoms with Crippen LogP contribution in [0.25, 0.3) is 0 Å². The van der Waals surface area contributed by atoms with Crippen molar-refractivity contribution in [2.24, 2.45) is 17.6 Å². The predicted molar refractivity (Wildman–Crippen MR) is 186 cm³/mol. The summed E-state index contributed by atoms with van der Waals surface area (Å²) in [4.78, 5) is 14.1. The van der Waals surface area contributed by atoms with Gasteiger partial charge in [0.25, 0.3) is 0 Å². The Hall–Kier alpha value is -1.29. The summed E-state index contributed by atoms with van der Waals surface area (Å²) in [6.45, 7) is 11.3. The Kier molecular flexibility index (Phi) is 10.0. The molecule has 0 amide bonds. The zero-order chi connectivity index (χ0) is 35.9. The second-order valence-electron chi connectivity index (χ2n) is 17.4. The van der Waals surface area contributed by atoms with Crippen LogP contribution < -0.4 is 5.73 Å². The quantitative estimate of drug-likeness (QED) is 0.409. The van der Waals surface area contributed by atoms with Crippen LogP contribution in [0.4, 0.5) is 0 Å². The number of nitrogens with two attached hydrogens (primary N) is 1. The molecule has 0 saturated carbocycles. The number of carbonyl (C=O) groups excluding carboxylic acids is 1. The van der Waals surface area contributed by atoms with Crippen molar-refractivity contribution in [2.75, 3.05) is 13.7 Å². The van der Waals surface area contributed by atoms with Crippen molar-refractivity contribution in [3.63, 3.8) is 0 Å². The minimum Gasteiger partial charge on any atom is -0.392 e. The normalized spacial score (nSPS) is 52.4. The second-order valence-corrected chi connectivity index (χ2v) is 17.4. The van der Waals surface area contributed by atoms with Gasteiger partial charge in [-0.25, -0.2) is 0 Å². The first kappa shape index (κ1) is 36.4. The van der Waals surface area contributed by atoms with Crippen LogP contribution in [0.1, 0.15) is 90.4 Å². The van der Waals surface area contributed by atoms with Crippen molar-refractivity contribution in [3.8, 4) is 0 Å². The van der Waals surface area contributed by atoms with Crippen LogP contribution in [0.5, 0.6) is 0 Å². The third-order valence-corrected chi connectivity index (χ3v) is 14.0. The SMILES string of the molecule is C=C1C[C@@H]2CC[C@@]34C[C@@H]5O[C@@H]6C(O[C@H]7CCC(CC(=O)C[C@@H]8[C@@H](OC)[C@@H](C[C@H](O)CN)O[C@H]8CC8O[C@@H](CCC1O2)C[C@@H](C)C8=C)OC7[C@@H]6O3)[C@@H]5O4. The Bertz CT molecular complexity index is 1380. The fourth-order valence-corrected chi connectivity index (χ4v) is 11.3. The molecule has 1 spiro atoms. The number of rotatable bonds is 4. The summed E-state index contributed by atoms with van der Waals surface area (Å²) < 4.78 is 60.0. The summed E-state index contributed by atoms with van der Waals surface area (Å²) in [6.07, 6.45) is 4.85. The largest absolute Gasteiger partial charge is 0.392 e. The molecular weight excluding hydrogens is 670 g/mol. The van der Waals surface area contributed by atoms with Crippen LogP contribution >= 0.6 is 0 Å². The minimum absolute atomic E-state index is 0.0158. The first-order valence-electron chi connectivity index (χ1n) is 20.2. The number of carbonyl (C=O) groups is 1. The summed E-state index contributed by atoms with van der Waals surface area (Å²) in [7, 11) is 1.66. The fourth-order valence-electron chi connectivity index (χ4n) is 11.3. The van der Waals surface area contributed by atoms with Crippen LogP contribution in [0.3, 0.4) is 0 Å². The maximum atomic E-state index is 14.1. The highest BCUT2D eigenvalue weighted by molar-refractivity contribution is 5.79. The van der Waals surface area contributed by atoms with Gasteiger partial charge in [-0.3, -0.25) is 4.79 Å². The third-order valence-electron chi connectivity index (χ3n) is 14.0. The standard InChI is InChI=1S/C40H59NO11/c1-19-11-24-5-7-28-20(2)12-26(45-28)9-10-40-17-33-36(51-40)37-38(50-33)39(52-40)35-29(49-37)8-6-25(47-35)13-22(42)14-27-31(16-30(46-24)21(19)3)48-32(34(27)44-4)15-23(43)18-41/h19,23-39,43H,2-3,5-18,41H2,1,4H3/t19-,23+,24+,25?,26+,27+,28?,29+,30?,31+,32-,33+,34-,35?,36-,37?,38-,39+,40+/m1/s1. The highest BCUT2D eigenvalue weighted by atomic mass is 16.8. The first-order valence-corrected chi connectivity index (χ1v) is 20.2. The van der Waals surface area contributed by atoms with E-state index in [9.17, 15) is 9.90 Å². The molecule has 0 aliphatic carbocycles. The number of hydrogen-bond acceptors (Lipinski definition) is 12. The Balaban J connectivity index is 0.994. The lowest BCUT2D eigenvalue weighted by Crippen LogP contribution is -2.61. The number of hydrogen-bond donors (Lipinski definition) is 2. The number of methoxy groups -OCH3 is 1. The lowest BCUT2D eigenvalue weighted by atomic mass is 9.81. The van der Waals surface area contributed by atoms with Crippen molar-refractivity contribution in [1.82, 2.24) is 0 Å². The van der Waals surface area contributed by atoms with Gasteiger partial charge in [0.1, 0.15) is 36.3 Å². The Labute approximate surface area is 307 Å². The number of ether oxygens (including phenoxy) is 9. The van der Waals surface area contributed by atoms with Gasteiger partial charge in [-0.15, -0.1) is 0 Å². The number of aliphatic hydroxyl groups excluding tert-OH is 1. The molecule has 0 aromatic carbocycles. The van der Waals surface area contributed by atoms with Crippen molar-refractivity contribution < 1.29 is 52.5 Å². The number of aliphatic hydroxyl groups is 1. The molecular formula is C40H59NO11. The summed E-state index contributed by atoms with van der Waals surface area (Å²) in [5.74, 6) is -0.619. The second kappa shape index (κ2) is 14.3. The van der Waals surface area contributed by atoms with E-state index in [1.807, 2.05) is 0 Å². The third kappa shape index (κ3) is 6.59. The van der Waals surface area contributed by atoms with E-state index in [1.54, 1.807) is 7.11 Å². The maximum absolute atomic E-state index is 14.1. The molecule has 290 valence electrons. The van der Waals surface area contributed by atoms with Gasteiger partial charge in [0.15, 0.2) is 5.79 Å². The highest BCUT2D eigenvalue weighted by Crippen LogP contribution is 2.54. The minimum atomic E-state index is -0.780. The lowest BCUT2D eigenvalue weighted by molar-refractivity contribution is -0.292. The van der Waals surface area contributed by atoms with Gasteiger partial charge in [0.2, 0.25) is 0 Å². The average Bonchev–Trinajstić information content (AvgIpc) is 3.79. The summed E-state index contributed by atoms with van der Waals surface area (Å²) >= 11 is 0. The number of ketones is 1. The lowest BCUT2D eigenvalue weighted by Gasteiger charge is -2.47. The Morgan fingerprint density at radius 3 is 2.38 bits per heavy atom. The summed E-state index contributed by atoms with van der Waals surface area (Å²) in [6, 6.07) is 0. The Morgan fingerprint density at radius 1 is 0.808 bits per heavy atom. The molecule has 12 heteroatoms. The van der Waals surface area contributed by atoms with Crippen molar-refractivity contribution >= 4 is 5.78 Å². The van der Waals surface area contributed by atoms with Crippen molar-refractivity contribution in [3.05, 3.63) is 24.3 Å². The molecule has 3 N–H and O–H groups in total. The van der Waals surface area contributed by atoms with Gasteiger partial charge in [-0.1, -0.05) is 20.1 Å². The van der Waals surface area contributed by atoms with E-state index < -0.39 is 18.0 Å². The van der Waals surface area contributed by atoms with Crippen LogP contribution in [0.2, 0.25) is 0 Å². The molecule has 12 bridgehead atoms. The average molecular weight is 730 g/mol. The number of Topliss-reactive ketones (excluding diaryl/α,β-unsaturated/α-hetero) is 1. The van der Waals surface area contributed by atoms with E-state index in [1.165, 1.54) is 0 Å². The van der Waals surface area contributed by atoms with Gasteiger partial charge in [-0.05, 0) is 62.0 Å². The van der Waals surface area contributed by atoms with Crippen LogP contribution in [0.15, 0.2) is 24.3 Å². The molecule has 10 aliphatic heterocycles. The Morgan fingerprint density at radius 2 is 1.56 bits per heavy atom. The molecule has 10 saturated heterocycles. The van der Waals surface area contributed by atoms with Gasteiger partial charge >= 0.3 is 0 Å². The zero-order valence-corrected chi connectivity index (χ0v) is 30.8. The summed E-state index contributed by atoms with van der Waals surface area (Å²) in [5, 5.41) is 10.5. The molecule has 5 unspecified atom stereocenters. The molecule has 19 atom stereocenters. The zero-order valence-electron chi connectivity index (χ0n) is 30.8. The molecule has 10 fully saturated rings. The monoisotopic (exact) mass is 729 g/mol. The van der Waals surface area contributed by atoms with E-state index in [0.717, 1.165) is 56.1 Å². The maximum Gasteiger partial charge on any atom is 0.172 e. The van der Waals surface area contributed by atoms with E-state index >= 15 is 0 Å². The molecule has 10 rings (SSSR count). The molecule has 12 nitrogen and oxygen atoms in total. The van der Waals surface area contributed by atoms with E-state index in [4.69, 9.17) is 48.4 Å². The van der Waals surface area contributed by atoms with E-state index in [-0.39, 0.29) is 122 Å². The molecule has 0 radical (unpaired) electrons. The molecule has 52 heavy (non-hydrogen) atoms. The predicted octanol–water partition coefficient (Wildman–Crippen LogP) is 3.44. The first-order chi connectivity index (χ1) is 25.1. The van der Waals surface area contributed by atoms with Gasteiger partial charge in [-0.2, -0.15) is 0 Å².